The Labute approximate surface area is 204 Å². The molecule has 1 amide bonds. The molecule has 10 heteroatoms. The molecule has 6 nitrogen and oxygen atoms in total. The van der Waals surface area contributed by atoms with Crippen molar-refractivity contribution >= 4 is 27.5 Å². The van der Waals surface area contributed by atoms with E-state index in [2.05, 4.69) is 5.32 Å². The monoisotopic (exact) mass is 514 g/mol. The lowest BCUT2D eigenvalue weighted by atomic mass is 9.86. The molecule has 1 aliphatic rings. The van der Waals surface area contributed by atoms with Gasteiger partial charge in [0.2, 0.25) is 15.9 Å². The molecular weight excluding hydrogens is 486 g/mol. The number of halogens is 3. The quantitative estimate of drug-likeness (QED) is 0.489. The Morgan fingerprint density at radius 2 is 1.79 bits per heavy atom. The molecule has 0 bridgehead atoms. The van der Waals surface area contributed by atoms with Gasteiger partial charge in [-0.15, -0.1) is 0 Å². The Morgan fingerprint density at radius 3 is 2.41 bits per heavy atom. The largest absolute Gasteiger partial charge is 0.491 e. The van der Waals surface area contributed by atoms with E-state index >= 15 is 0 Å². The molecule has 0 radical (unpaired) electrons. The zero-order chi connectivity index (χ0) is 24.9. The molecule has 0 spiro atoms. The van der Waals surface area contributed by atoms with Crippen LogP contribution in [0.3, 0.4) is 0 Å². The normalized spacial score (nSPS) is 15.8. The predicted molar refractivity (Wildman–Crippen MR) is 126 cm³/mol. The summed E-state index contributed by atoms with van der Waals surface area (Å²) in [6.07, 6.45) is 2.06. The van der Waals surface area contributed by atoms with E-state index in [4.69, 9.17) is 16.3 Å². The number of amides is 1. The van der Waals surface area contributed by atoms with Gasteiger partial charge in [0.25, 0.3) is 0 Å². The highest BCUT2D eigenvalue weighted by molar-refractivity contribution is 7.89. The molecule has 0 atom stereocenters. The number of nitrogens with zero attached hydrogens (tertiary/aromatic N) is 1. The second kappa shape index (κ2) is 11.0. The molecule has 0 aliphatic carbocycles. The van der Waals surface area contributed by atoms with Crippen molar-refractivity contribution in [2.75, 3.05) is 19.7 Å². The minimum absolute atomic E-state index is 0.0539. The summed E-state index contributed by atoms with van der Waals surface area (Å²) in [5.41, 5.74) is -0.667. The van der Waals surface area contributed by atoms with Crippen molar-refractivity contribution in [1.82, 2.24) is 9.62 Å². The van der Waals surface area contributed by atoms with Gasteiger partial charge >= 0.3 is 0 Å². The predicted octanol–water partition coefficient (Wildman–Crippen LogP) is 4.77. The van der Waals surface area contributed by atoms with E-state index in [9.17, 15) is 22.0 Å². The molecule has 1 heterocycles. The van der Waals surface area contributed by atoms with Crippen LogP contribution in [-0.4, -0.2) is 44.4 Å². The Morgan fingerprint density at radius 1 is 1.15 bits per heavy atom. The topological polar surface area (TPSA) is 75.7 Å². The number of carbonyl (C=O) groups excluding carboxylic acids is 1. The van der Waals surface area contributed by atoms with Crippen LogP contribution in [0.5, 0.6) is 5.75 Å². The van der Waals surface area contributed by atoms with Gasteiger partial charge < -0.3 is 10.1 Å². The molecule has 1 aliphatic heterocycles. The van der Waals surface area contributed by atoms with Gasteiger partial charge in [-0.3, -0.25) is 4.79 Å². The Bertz CT molecular complexity index is 1100. The third-order valence-corrected chi connectivity index (χ3v) is 8.10. The lowest BCUT2D eigenvalue weighted by Crippen LogP contribution is -2.49. The lowest BCUT2D eigenvalue weighted by Gasteiger charge is -2.33. The number of benzene rings is 2. The van der Waals surface area contributed by atoms with E-state index < -0.39 is 27.1 Å². The van der Waals surface area contributed by atoms with Crippen molar-refractivity contribution in [2.45, 2.75) is 50.5 Å². The van der Waals surface area contributed by atoms with Crippen LogP contribution in [0.1, 0.15) is 39.5 Å². The first-order chi connectivity index (χ1) is 16.0. The second-order valence-corrected chi connectivity index (χ2v) is 11.4. The van der Waals surface area contributed by atoms with E-state index in [1.54, 1.807) is 6.07 Å². The van der Waals surface area contributed by atoms with Gasteiger partial charge in [-0.2, -0.15) is 4.31 Å². The summed E-state index contributed by atoms with van der Waals surface area (Å²) in [5, 5.41) is 3.32. The molecule has 2 aromatic carbocycles. The molecule has 3 rings (SSSR count). The smallest absolute Gasteiger partial charge is 0.243 e. The zero-order valence-electron chi connectivity index (χ0n) is 19.2. The minimum Gasteiger partial charge on any atom is -0.491 e. The first-order valence-electron chi connectivity index (χ1n) is 11.1. The maximum atomic E-state index is 13.8. The fourth-order valence-electron chi connectivity index (χ4n) is 3.78. The number of piperidine rings is 1. The van der Waals surface area contributed by atoms with Gasteiger partial charge in [-0.25, -0.2) is 17.2 Å². The van der Waals surface area contributed by atoms with Crippen LogP contribution < -0.4 is 10.1 Å². The van der Waals surface area contributed by atoms with E-state index in [-0.39, 0.29) is 42.3 Å². The molecule has 34 heavy (non-hydrogen) atoms. The molecule has 1 fully saturated rings. The van der Waals surface area contributed by atoms with Gasteiger partial charge in [0.1, 0.15) is 5.82 Å². The van der Waals surface area contributed by atoms with Gasteiger partial charge in [0.05, 0.1) is 11.5 Å². The lowest BCUT2D eigenvalue weighted by molar-refractivity contribution is -0.130. The summed E-state index contributed by atoms with van der Waals surface area (Å²) in [4.78, 5) is 12.9. The maximum absolute atomic E-state index is 13.8. The first-order valence-corrected chi connectivity index (χ1v) is 13.0. The van der Waals surface area contributed by atoms with Crippen LogP contribution in [0, 0.1) is 17.0 Å². The molecule has 0 aromatic heterocycles. The highest BCUT2D eigenvalue weighted by atomic mass is 35.5. The van der Waals surface area contributed by atoms with Crippen molar-refractivity contribution in [2.24, 2.45) is 5.41 Å². The molecule has 186 valence electrons. The van der Waals surface area contributed by atoms with Crippen LogP contribution in [0.4, 0.5) is 8.78 Å². The van der Waals surface area contributed by atoms with E-state index in [0.717, 1.165) is 12.1 Å². The Balaban J connectivity index is 1.44. The Kier molecular flexibility index (Phi) is 8.54. The van der Waals surface area contributed by atoms with Crippen molar-refractivity contribution in [3.8, 4) is 5.75 Å². The summed E-state index contributed by atoms with van der Waals surface area (Å²) in [7, 11) is -3.70. The molecule has 1 saturated heterocycles. The van der Waals surface area contributed by atoms with E-state index in [1.807, 2.05) is 13.8 Å². The zero-order valence-corrected chi connectivity index (χ0v) is 20.8. The number of carbonyl (C=O) groups is 1. The molecule has 2 aromatic rings. The van der Waals surface area contributed by atoms with Gasteiger partial charge in [-0.05, 0) is 68.1 Å². The van der Waals surface area contributed by atoms with E-state index in [1.165, 1.54) is 28.6 Å². The van der Waals surface area contributed by atoms with Crippen LogP contribution in [0.2, 0.25) is 5.02 Å². The van der Waals surface area contributed by atoms with Crippen LogP contribution in [-0.2, 0) is 14.8 Å². The van der Waals surface area contributed by atoms with Crippen LogP contribution in [0.25, 0.3) is 0 Å². The summed E-state index contributed by atoms with van der Waals surface area (Å²) < 4.78 is 59.2. The van der Waals surface area contributed by atoms with Crippen LogP contribution >= 0.6 is 11.6 Å². The first kappa shape index (κ1) is 26.4. The highest BCUT2D eigenvalue weighted by Crippen LogP contribution is 2.26. The molecule has 0 saturated carbocycles. The number of hydrogen-bond acceptors (Lipinski definition) is 4. The number of hydrogen-bond donors (Lipinski definition) is 1. The fraction of sp³-hybridized carbons (Fsp3) is 0.458. The number of sulfonamides is 1. The van der Waals surface area contributed by atoms with Crippen molar-refractivity contribution in [3.63, 3.8) is 0 Å². The number of nitrogens with one attached hydrogen (secondary N) is 1. The minimum atomic E-state index is -3.70. The summed E-state index contributed by atoms with van der Waals surface area (Å²) in [6.45, 7) is 4.46. The SMILES string of the molecule is CC(C)(CCCOc1ccc(Cl)cc1F)C(=O)NC1CCN(S(=O)(=O)c2ccc(F)cc2)CC1. The average Bonchev–Trinajstić information content (AvgIpc) is 2.78. The van der Waals surface area contributed by atoms with Gasteiger partial charge in [0, 0.05) is 29.6 Å². The summed E-state index contributed by atoms with van der Waals surface area (Å²) >= 11 is 5.73. The third-order valence-electron chi connectivity index (χ3n) is 5.95. The van der Waals surface area contributed by atoms with Crippen LogP contribution in [0.15, 0.2) is 47.4 Å². The van der Waals surface area contributed by atoms with Gasteiger partial charge in [0.15, 0.2) is 11.6 Å². The number of ether oxygens (including phenoxy) is 1. The molecule has 1 N–H and O–H groups in total. The van der Waals surface area contributed by atoms with Crippen molar-refractivity contribution < 1.29 is 26.7 Å². The maximum Gasteiger partial charge on any atom is 0.243 e. The van der Waals surface area contributed by atoms with Crippen molar-refractivity contribution in [3.05, 3.63) is 59.1 Å². The summed E-state index contributed by atoms with van der Waals surface area (Å²) in [5.74, 6) is -1.02. The average molecular weight is 515 g/mol. The second-order valence-electron chi connectivity index (χ2n) is 9.02. The number of rotatable bonds is 9. The highest BCUT2D eigenvalue weighted by Gasteiger charge is 2.33. The Hall–Kier alpha value is -2.23. The molecule has 0 unspecified atom stereocenters. The standard InChI is InChI=1S/C24H29ClF2N2O4S/c1-24(2,12-3-15-33-22-9-4-17(25)16-21(22)27)23(30)28-19-10-13-29(14-11-19)34(31,32)20-7-5-18(26)6-8-20/h4-9,16,19H,3,10-15H2,1-2H3,(H,28,30). The summed E-state index contributed by atoms with van der Waals surface area (Å²) in [6, 6.07) is 8.83. The fourth-order valence-corrected chi connectivity index (χ4v) is 5.41. The molecular formula is C24H29ClF2N2O4S. The van der Waals surface area contributed by atoms with E-state index in [0.29, 0.717) is 30.7 Å². The van der Waals surface area contributed by atoms with Crippen molar-refractivity contribution in [1.29, 1.82) is 0 Å². The third kappa shape index (κ3) is 6.67. The van der Waals surface area contributed by atoms with Gasteiger partial charge in [-0.1, -0.05) is 25.4 Å².